The Morgan fingerprint density at radius 2 is 1.74 bits per heavy atom. The summed E-state index contributed by atoms with van der Waals surface area (Å²) in [7, 11) is -0.314. The van der Waals surface area contributed by atoms with Crippen LogP contribution >= 0.6 is 11.3 Å². The van der Waals surface area contributed by atoms with Crippen LogP contribution in [0.25, 0.3) is 10.2 Å². The van der Waals surface area contributed by atoms with E-state index in [1.807, 2.05) is 6.92 Å². The molecule has 8 nitrogen and oxygen atoms in total. The van der Waals surface area contributed by atoms with E-state index in [4.69, 9.17) is 20.6 Å². The Hall–Kier alpha value is -4.07. The van der Waals surface area contributed by atoms with E-state index >= 15 is 0 Å². The number of methoxy groups -OCH3 is 2. The van der Waals surface area contributed by atoms with Crippen molar-refractivity contribution in [1.29, 1.82) is 0 Å². The first-order valence-electron chi connectivity index (χ1n) is 11.6. The van der Waals surface area contributed by atoms with Crippen LogP contribution in [-0.4, -0.2) is 39.3 Å². The van der Waals surface area contributed by atoms with Crippen molar-refractivity contribution in [3.05, 3.63) is 71.3 Å². The van der Waals surface area contributed by atoms with Gasteiger partial charge in [0.25, 0.3) is 5.91 Å². The summed E-state index contributed by atoms with van der Waals surface area (Å²) < 4.78 is 42.2. The number of aryl methyl sites for hydroxylation is 1. The number of sulfone groups is 1. The molecule has 0 aliphatic rings. The predicted molar refractivity (Wildman–Crippen MR) is 148 cm³/mol. The number of carbonyl (C=O) groups excluding carboxylic acids is 1. The largest absolute Gasteiger partial charge is 0.493 e. The highest BCUT2D eigenvalue weighted by atomic mass is 32.2. The average Bonchev–Trinajstić information content (AvgIpc) is 3.32. The van der Waals surface area contributed by atoms with Gasteiger partial charge in [-0.05, 0) is 42.8 Å². The summed E-state index contributed by atoms with van der Waals surface area (Å²) in [6, 6.07) is 14.8. The molecule has 1 amide bonds. The molecule has 0 spiro atoms. The molecule has 10 heteroatoms. The van der Waals surface area contributed by atoms with Crippen LogP contribution in [0.5, 0.6) is 17.2 Å². The summed E-state index contributed by atoms with van der Waals surface area (Å²) >= 11 is 1.27. The molecule has 4 aromatic rings. The number of nitrogens with one attached hydrogen (secondary N) is 1. The van der Waals surface area contributed by atoms with Gasteiger partial charge in [0.05, 0.1) is 35.1 Å². The van der Waals surface area contributed by atoms with Gasteiger partial charge in [0.1, 0.15) is 5.75 Å². The Labute approximate surface area is 225 Å². The number of rotatable bonds is 9. The topological polar surface area (TPSA) is 104 Å². The van der Waals surface area contributed by atoms with E-state index in [1.165, 1.54) is 30.6 Å². The smallest absolute Gasteiger partial charge is 0.271 e. The third-order valence-corrected chi connectivity index (χ3v) is 8.55. The molecule has 1 atom stereocenters. The third-order valence-electron chi connectivity index (χ3n) is 5.87. The van der Waals surface area contributed by atoms with Gasteiger partial charge in [0.2, 0.25) is 6.10 Å². The zero-order chi connectivity index (χ0) is 27.4. The third kappa shape index (κ3) is 5.59. The molecule has 3 aromatic carbocycles. The average molecular weight is 551 g/mol. The molecular weight excluding hydrogens is 524 g/mol. The first-order valence-corrected chi connectivity index (χ1v) is 14.1. The molecular formula is C28H26N2O6S2. The second-order valence-corrected chi connectivity index (χ2v) is 11.6. The van der Waals surface area contributed by atoms with Gasteiger partial charge in [-0.25, -0.2) is 13.4 Å². The van der Waals surface area contributed by atoms with Gasteiger partial charge in [-0.3, -0.25) is 10.1 Å². The monoisotopic (exact) mass is 550 g/mol. The number of hydrogen-bond acceptors (Lipinski definition) is 8. The molecule has 196 valence electrons. The van der Waals surface area contributed by atoms with E-state index < -0.39 is 21.8 Å². The highest BCUT2D eigenvalue weighted by Gasteiger charge is 2.26. The summed E-state index contributed by atoms with van der Waals surface area (Å²) in [6.45, 7) is 3.41. The summed E-state index contributed by atoms with van der Waals surface area (Å²) in [6.07, 6.45) is 4.40. The van der Waals surface area contributed by atoms with Crippen LogP contribution in [0, 0.1) is 19.3 Å². The van der Waals surface area contributed by atoms with Crippen LogP contribution in [0.3, 0.4) is 0 Å². The minimum Gasteiger partial charge on any atom is -0.493 e. The lowest BCUT2D eigenvalue weighted by Gasteiger charge is -2.20. The van der Waals surface area contributed by atoms with Crippen molar-refractivity contribution >= 4 is 42.4 Å². The number of amides is 1. The van der Waals surface area contributed by atoms with Crippen molar-refractivity contribution in [1.82, 2.24) is 4.98 Å². The van der Waals surface area contributed by atoms with Crippen LogP contribution in [0.15, 0.2) is 59.5 Å². The minimum atomic E-state index is -3.40. The Kier molecular flexibility index (Phi) is 7.90. The van der Waals surface area contributed by atoms with Crippen LogP contribution in [0.1, 0.15) is 29.7 Å². The molecule has 1 aromatic heterocycles. The van der Waals surface area contributed by atoms with Crippen molar-refractivity contribution in [2.24, 2.45) is 0 Å². The van der Waals surface area contributed by atoms with Crippen molar-refractivity contribution in [3.63, 3.8) is 0 Å². The normalized spacial score (nSPS) is 12.0. The second kappa shape index (κ2) is 11.1. The van der Waals surface area contributed by atoms with Crippen molar-refractivity contribution in [2.45, 2.75) is 24.8 Å². The van der Waals surface area contributed by atoms with Crippen LogP contribution in [0.4, 0.5) is 5.13 Å². The summed E-state index contributed by atoms with van der Waals surface area (Å²) in [5.41, 5.74) is 2.55. The summed E-state index contributed by atoms with van der Waals surface area (Å²) in [5.74, 6) is 3.61. The van der Waals surface area contributed by atoms with E-state index in [-0.39, 0.29) is 10.6 Å². The number of benzene rings is 3. The first-order chi connectivity index (χ1) is 18.2. The van der Waals surface area contributed by atoms with E-state index in [9.17, 15) is 13.2 Å². The van der Waals surface area contributed by atoms with Crippen molar-refractivity contribution in [3.8, 4) is 29.6 Å². The number of aromatic nitrogens is 1. The lowest BCUT2D eigenvalue weighted by Crippen LogP contribution is -2.26. The predicted octanol–water partition coefficient (Wildman–Crippen LogP) is 5.16. The Balaban J connectivity index is 1.69. The molecule has 1 heterocycles. The van der Waals surface area contributed by atoms with E-state index in [0.717, 1.165) is 10.3 Å². The summed E-state index contributed by atoms with van der Waals surface area (Å²) in [5, 5.41) is 3.19. The van der Waals surface area contributed by atoms with Crippen LogP contribution < -0.4 is 19.5 Å². The lowest BCUT2D eigenvalue weighted by atomic mass is 10.1. The standard InChI is InChI=1S/C28H26N2O6S2/c1-6-18-8-13-22(17(3)14-18)36-26(19-9-11-20(12-10-19)38(32,33)7-2)27(31)30-28-29-21-15-23(34-4)24(35-5)16-25(21)37-28/h1,8-16,26H,7H2,2-5H3,(H,29,30,31). The number of ether oxygens (including phenoxy) is 3. The molecule has 0 fully saturated rings. The number of terminal acetylenes is 1. The number of thiazole rings is 1. The van der Waals surface area contributed by atoms with E-state index in [0.29, 0.717) is 39.0 Å². The first kappa shape index (κ1) is 27.0. The van der Waals surface area contributed by atoms with Gasteiger partial charge in [-0.15, -0.1) is 6.42 Å². The van der Waals surface area contributed by atoms with Gasteiger partial charge in [0.15, 0.2) is 26.5 Å². The zero-order valence-electron chi connectivity index (χ0n) is 21.3. The number of anilines is 1. The molecule has 0 saturated carbocycles. The van der Waals surface area contributed by atoms with E-state index in [2.05, 4.69) is 16.2 Å². The number of fused-ring (bicyclic) bond motifs is 1. The number of carbonyl (C=O) groups is 1. The van der Waals surface area contributed by atoms with Gasteiger partial charge in [-0.2, -0.15) is 0 Å². The molecule has 0 saturated heterocycles. The quantitative estimate of drug-likeness (QED) is 0.287. The van der Waals surface area contributed by atoms with Crippen molar-refractivity contribution < 1.29 is 27.4 Å². The minimum absolute atomic E-state index is 0.0271. The fourth-order valence-corrected chi connectivity index (χ4v) is 5.53. The molecule has 1 N–H and O–H groups in total. The number of nitrogens with zero attached hydrogens (tertiary/aromatic N) is 1. The Morgan fingerprint density at radius 3 is 2.34 bits per heavy atom. The fourth-order valence-electron chi connectivity index (χ4n) is 3.77. The maximum absolute atomic E-state index is 13.5. The molecule has 0 aliphatic heterocycles. The van der Waals surface area contributed by atoms with Gasteiger partial charge < -0.3 is 14.2 Å². The zero-order valence-corrected chi connectivity index (χ0v) is 22.9. The maximum atomic E-state index is 13.5. The lowest BCUT2D eigenvalue weighted by molar-refractivity contribution is -0.123. The van der Waals surface area contributed by atoms with Gasteiger partial charge in [0, 0.05) is 23.3 Å². The Bertz CT molecular complexity index is 1600. The molecule has 0 aliphatic carbocycles. The highest BCUT2D eigenvalue weighted by Crippen LogP contribution is 2.37. The van der Waals surface area contributed by atoms with Gasteiger partial charge >= 0.3 is 0 Å². The molecule has 38 heavy (non-hydrogen) atoms. The van der Waals surface area contributed by atoms with E-state index in [1.54, 1.807) is 56.5 Å². The number of hydrogen-bond donors (Lipinski definition) is 1. The highest BCUT2D eigenvalue weighted by molar-refractivity contribution is 7.91. The Morgan fingerprint density at radius 1 is 1.05 bits per heavy atom. The van der Waals surface area contributed by atoms with Crippen molar-refractivity contribution in [2.75, 3.05) is 25.3 Å². The summed E-state index contributed by atoms with van der Waals surface area (Å²) in [4.78, 5) is 18.2. The SMILES string of the molecule is C#Cc1ccc(OC(C(=O)Nc2nc3cc(OC)c(OC)cc3s2)c2ccc(S(=O)(=O)CC)cc2)c(C)c1. The van der Waals surface area contributed by atoms with Crippen LogP contribution in [-0.2, 0) is 14.6 Å². The molecule has 0 radical (unpaired) electrons. The van der Waals surface area contributed by atoms with Gasteiger partial charge in [-0.1, -0.05) is 36.3 Å². The fraction of sp³-hybridized carbons (Fsp3) is 0.214. The maximum Gasteiger partial charge on any atom is 0.271 e. The molecule has 4 rings (SSSR count). The molecule has 1 unspecified atom stereocenters. The molecule has 0 bridgehead atoms. The second-order valence-electron chi connectivity index (χ2n) is 8.28. The van der Waals surface area contributed by atoms with Crippen LogP contribution in [0.2, 0.25) is 0 Å².